The molecular formula is C18H23N3OS. The van der Waals surface area contributed by atoms with E-state index in [1.54, 1.807) is 18.0 Å². The average Bonchev–Trinajstić information content (AvgIpc) is 2.54. The molecule has 1 N–H and O–H groups in total. The number of aromatic nitrogens is 1. The van der Waals surface area contributed by atoms with Gasteiger partial charge in [-0.15, -0.1) is 11.8 Å². The maximum Gasteiger partial charge on any atom is 0.233 e. The van der Waals surface area contributed by atoms with Gasteiger partial charge in [-0.25, -0.2) is 4.98 Å². The third-order valence-electron chi connectivity index (χ3n) is 3.45. The summed E-state index contributed by atoms with van der Waals surface area (Å²) in [6, 6.07) is 12.1. The number of benzene rings is 1. The van der Waals surface area contributed by atoms with Gasteiger partial charge in [0, 0.05) is 37.3 Å². The zero-order chi connectivity index (χ0) is 16.8. The number of nitrogens with one attached hydrogen (secondary N) is 1. The van der Waals surface area contributed by atoms with Gasteiger partial charge in [0.15, 0.2) is 0 Å². The Labute approximate surface area is 142 Å². The molecule has 4 nitrogen and oxygen atoms in total. The van der Waals surface area contributed by atoms with Crippen molar-refractivity contribution in [3.63, 3.8) is 0 Å². The van der Waals surface area contributed by atoms with Gasteiger partial charge >= 0.3 is 0 Å². The Hall–Kier alpha value is -2.01. The number of rotatable bonds is 6. The molecule has 5 heteroatoms. The number of hydrogen-bond acceptors (Lipinski definition) is 4. The molecule has 0 aliphatic carbocycles. The highest BCUT2D eigenvalue weighted by Gasteiger charge is 2.15. The van der Waals surface area contributed by atoms with E-state index in [0.29, 0.717) is 6.54 Å². The molecule has 0 aliphatic heterocycles. The van der Waals surface area contributed by atoms with Crippen LogP contribution in [0.2, 0.25) is 0 Å². The lowest BCUT2D eigenvalue weighted by Gasteiger charge is -2.17. The van der Waals surface area contributed by atoms with Crippen LogP contribution in [0.25, 0.3) is 0 Å². The van der Waals surface area contributed by atoms with E-state index in [2.05, 4.69) is 41.5 Å². The van der Waals surface area contributed by atoms with E-state index in [4.69, 9.17) is 0 Å². The molecule has 0 fully saturated rings. The van der Waals surface area contributed by atoms with Gasteiger partial charge < -0.3 is 10.2 Å². The number of anilines is 1. The summed E-state index contributed by atoms with van der Waals surface area (Å²) in [6.07, 6.45) is 1.76. The molecule has 1 atom stereocenters. The van der Waals surface area contributed by atoms with Gasteiger partial charge in [0.25, 0.3) is 0 Å². The van der Waals surface area contributed by atoms with E-state index >= 15 is 0 Å². The smallest absolute Gasteiger partial charge is 0.233 e. The van der Waals surface area contributed by atoms with E-state index in [9.17, 15) is 4.79 Å². The molecule has 1 aromatic heterocycles. The Balaban J connectivity index is 1.93. The minimum Gasteiger partial charge on any atom is -0.362 e. The topological polar surface area (TPSA) is 45.2 Å². The second-order valence-electron chi connectivity index (χ2n) is 5.67. The minimum atomic E-state index is -0.141. The summed E-state index contributed by atoms with van der Waals surface area (Å²) in [5, 5.41) is 2.86. The second-order valence-corrected chi connectivity index (χ2v) is 7.09. The van der Waals surface area contributed by atoms with Crippen molar-refractivity contribution in [3.05, 3.63) is 53.7 Å². The number of carbonyl (C=O) groups is 1. The largest absolute Gasteiger partial charge is 0.362 e. The first kappa shape index (κ1) is 17.3. The van der Waals surface area contributed by atoms with Crippen LogP contribution in [-0.2, 0) is 11.3 Å². The van der Waals surface area contributed by atoms with E-state index in [1.165, 1.54) is 5.56 Å². The van der Waals surface area contributed by atoms with Crippen LogP contribution in [0.4, 0.5) is 5.82 Å². The number of amides is 1. The standard InChI is InChI=1S/C18H23N3OS/c1-13-7-9-16(10-8-13)23-14(2)18(22)20-12-15-6-5-11-19-17(15)21(3)4/h5-11,14H,12H2,1-4H3,(H,20,22)/t14-/m0/s1. The summed E-state index contributed by atoms with van der Waals surface area (Å²) in [6.45, 7) is 4.47. The van der Waals surface area contributed by atoms with Gasteiger partial charge in [-0.3, -0.25) is 4.79 Å². The molecule has 1 heterocycles. The van der Waals surface area contributed by atoms with Crippen LogP contribution >= 0.6 is 11.8 Å². The predicted molar refractivity (Wildman–Crippen MR) is 96.9 cm³/mol. The molecule has 0 saturated heterocycles. The van der Waals surface area contributed by atoms with Crippen LogP contribution in [0, 0.1) is 6.92 Å². The average molecular weight is 329 g/mol. The molecule has 1 aromatic carbocycles. The van der Waals surface area contributed by atoms with Gasteiger partial charge in [-0.2, -0.15) is 0 Å². The Morgan fingerprint density at radius 2 is 1.96 bits per heavy atom. The lowest BCUT2D eigenvalue weighted by Crippen LogP contribution is -2.31. The van der Waals surface area contributed by atoms with Gasteiger partial charge in [-0.1, -0.05) is 23.8 Å². The molecule has 0 saturated carbocycles. The third-order valence-corrected chi connectivity index (χ3v) is 4.56. The number of thioether (sulfide) groups is 1. The fourth-order valence-corrected chi connectivity index (χ4v) is 3.06. The van der Waals surface area contributed by atoms with Crippen molar-refractivity contribution < 1.29 is 4.79 Å². The van der Waals surface area contributed by atoms with Crippen molar-refractivity contribution in [2.75, 3.05) is 19.0 Å². The first-order chi connectivity index (χ1) is 11.0. The van der Waals surface area contributed by atoms with Crippen molar-refractivity contribution in [2.24, 2.45) is 0 Å². The molecule has 0 aliphatic rings. The Bertz CT molecular complexity index is 656. The predicted octanol–water partition coefficient (Wildman–Crippen LogP) is 3.25. The van der Waals surface area contributed by atoms with Crippen molar-refractivity contribution in [2.45, 2.75) is 30.5 Å². The highest BCUT2D eigenvalue weighted by molar-refractivity contribution is 8.00. The highest BCUT2D eigenvalue weighted by atomic mass is 32.2. The first-order valence-electron chi connectivity index (χ1n) is 7.59. The van der Waals surface area contributed by atoms with Crippen molar-refractivity contribution in [1.29, 1.82) is 0 Å². The highest BCUT2D eigenvalue weighted by Crippen LogP contribution is 2.23. The molecule has 1 amide bonds. The fourth-order valence-electron chi connectivity index (χ4n) is 2.17. The van der Waals surface area contributed by atoms with Crippen LogP contribution < -0.4 is 10.2 Å². The zero-order valence-corrected chi connectivity index (χ0v) is 14.9. The van der Waals surface area contributed by atoms with E-state index in [1.807, 2.05) is 38.1 Å². The quantitative estimate of drug-likeness (QED) is 0.826. The second kappa shape index (κ2) is 8.02. The van der Waals surface area contributed by atoms with Gasteiger partial charge in [-0.05, 0) is 32.0 Å². The van der Waals surface area contributed by atoms with Gasteiger partial charge in [0.2, 0.25) is 5.91 Å². The summed E-state index contributed by atoms with van der Waals surface area (Å²) in [7, 11) is 3.90. The SMILES string of the molecule is Cc1ccc(S[C@@H](C)C(=O)NCc2cccnc2N(C)C)cc1. The van der Waals surface area contributed by atoms with Crippen LogP contribution in [-0.4, -0.2) is 30.2 Å². The van der Waals surface area contributed by atoms with Crippen molar-refractivity contribution in [3.8, 4) is 0 Å². The maximum atomic E-state index is 12.3. The van der Waals surface area contributed by atoms with Crippen LogP contribution in [0.3, 0.4) is 0 Å². The van der Waals surface area contributed by atoms with Crippen LogP contribution in [0.15, 0.2) is 47.5 Å². The molecule has 2 aromatic rings. The van der Waals surface area contributed by atoms with E-state index < -0.39 is 0 Å². The molecule has 23 heavy (non-hydrogen) atoms. The van der Waals surface area contributed by atoms with Crippen molar-refractivity contribution in [1.82, 2.24) is 10.3 Å². The number of pyridine rings is 1. The lowest BCUT2D eigenvalue weighted by atomic mass is 10.2. The molecule has 0 bridgehead atoms. The van der Waals surface area contributed by atoms with Gasteiger partial charge in [0.1, 0.15) is 5.82 Å². The van der Waals surface area contributed by atoms with E-state index in [0.717, 1.165) is 16.3 Å². The summed E-state index contributed by atoms with van der Waals surface area (Å²) in [5.74, 6) is 0.913. The first-order valence-corrected chi connectivity index (χ1v) is 8.47. The molecule has 0 unspecified atom stereocenters. The monoisotopic (exact) mass is 329 g/mol. The number of aryl methyl sites for hydroxylation is 1. The summed E-state index contributed by atoms with van der Waals surface area (Å²) < 4.78 is 0. The van der Waals surface area contributed by atoms with Crippen LogP contribution in [0.5, 0.6) is 0 Å². The lowest BCUT2D eigenvalue weighted by molar-refractivity contribution is -0.120. The summed E-state index contributed by atoms with van der Waals surface area (Å²) in [5.41, 5.74) is 2.23. The molecular weight excluding hydrogens is 306 g/mol. The van der Waals surface area contributed by atoms with Crippen molar-refractivity contribution >= 4 is 23.5 Å². The fraction of sp³-hybridized carbons (Fsp3) is 0.333. The number of nitrogens with zero attached hydrogens (tertiary/aromatic N) is 2. The Morgan fingerprint density at radius 1 is 1.26 bits per heavy atom. The third kappa shape index (κ3) is 4.99. The van der Waals surface area contributed by atoms with Crippen LogP contribution in [0.1, 0.15) is 18.1 Å². The zero-order valence-electron chi connectivity index (χ0n) is 14.0. The molecule has 122 valence electrons. The Kier molecular flexibility index (Phi) is 6.04. The maximum absolute atomic E-state index is 12.3. The molecule has 0 radical (unpaired) electrons. The normalized spacial score (nSPS) is 11.8. The molecule has 0 spiro atoms. The summed E-state index contributed by atoms with van der Waals surface area (Å²) >= 11 is 1.57. The number of hydrogen-bond donors (Lipinski definition) is 1. The minimum absolute atomic E-state index is 0.0316. The number of carbonyl (C=O) groups excluding carboxylic acids is 1. The van der Waals surface area contributed by atoms with Gasteiger partial charge in [0.05, 0.1) is 5.25 Å². The Morgan fingerprint density at radius 3 is 2.61 bits per heavy atom. The van der Waals surface area contributed by atoms with E-state index in [-0.39, 0.29) is 11.2 Å². The molecule has 2 rings (SSSR count). The summed E-state index contributed by atoms with van der Waals surface area (Å²) in [4.78, 5) is 19.7.